The van der Waals surface area contributed by atoms with E-state index < -0.39 is 4.92 Å². The highest BCUT2D eigenvalue weighted by atomic mass is 16.7. The minimum Gasteiger partial charge on any atom is -0.454 e. The largest absolute Gasteiger partial charge is 0.454 e. The normalized spacial score (nSPS) is 16.4. The van der Waals surface area contributed by atoms with E-state index >= 15 is 0 Å². The fraction of sp³-hybridized carbons (Fsp3) is 0.412. The number of hydrogen-bond donors (Lipinski definition) is 1. The Morgan fingerprint density at radius 1 is 1.19 bits per heavy atom. The highest BCUT2D eigenvalue weighted by Gasteiger charge is 2.29. The Labute approximate surface area is 155 Å². The van der Waals surface area contributed by atoms with Crippen LogP contribution in [0.5, 0.6) is 11.5 Å². The highest BCUT2D eigenvalue weighted by Crippen LogP contribution is 2.38. The average molecular weight is 372 g/mol. The van der Waals surface area contributed by atoms with Gasteiger partial charge in [0, 0.05) is 37.9 Å². The maximum atomic E-state index is 11.8. The number of likely N-dealkylation sites (N-methyl/N-ethyl adjacent to an activating group) is 1. The monoisotopic (exact) mass is 372 g/mol. The summed E-state index contributed by atoms with van der Waals surface area (Å²) in [4.78, 5) is 23.9. The third kappa shape index (κ3) is 3.43. The molecule has 1 saturated heterocycles. The predicted octanol–water partition coefficient (Wildman–Crippen LogP) is 2.00. The number of hydrogen-bond acceptors (Lipinski definition) is 9. The summed E-state index contributed by atoms with van der Waals surface area (Å²) in [5.74, 6) is 1.73. The lowest BCUT2D eigenvalue weighted by Crippen LogP contribution is -2.46. The lowest BCUT2D eigenvalue weighted by atomic mass is 10.2. The van der Waals surface area contributed by atoms with E-state index in [2.05, 4.69) is 27.1 Å². The molecular weight excluding hydrogens is 352 g/mol. The van der Waals surface area contributed by atoms with E-state index in [1.807, 2.05) is 4.90 Å². The van der Waals surface area contributed by atoms with Crippen LogP contribution >= 0.6 is 0 Å². The molecule has 10 nitrogen and oxygen atoms in total. The van der Waals surface area contributed by atoms with Gasteiger partial charge in [0.05, 0.1) is 4.92 Å². The zero-order valence-corrected chi connectivity index (χ0v) is 14.9. The van der Waals surface area contributed by atoms with E-state index in [4.69, 9.17) is 9.47 Å². The van der Waals surface area contributed by atoms with Crippen LogP contribution in [0.2, 0.25) is 0 Å². The van der Waals surface area contributed by atoms with Crippen LogP contribution in [0.25, 0.3) is 0 Å². The second kappa shape index (κ2) is 7.23. The van der Waals surface area contributed by atoms with E-state index in [1.165, 1.54) is 6.33 Å². The Hall–Kier alpha value is -3.14. The van der Waals surface area contributed by atoms with E-state index in [1.54, 1.807) is 18.2 Å². The van der Waals surface area contributed by atoms with Crippen LogP contribution in [0.4, 0.5) is 23.0 Å². The molecule has 0 bridgehead atoms. The van der Waals surface area contributed by atoms with Gasteiger partial charge in [-0.1, -0.05) is 6.92 Å². The first kappa shape index (κ1) is 17.3. The Morgan fingerprint density at radius 3 is 2.70 bits per heavy atom. The van der Waals surface area contributed by atoms with Crippen LogP contribution in [-0.2, 0) is 0 Å². The summed E-state index contributed by atoms with van der Waals surface area (Å²) < 4.78 is 10.6. The topological polar surface area (TPSA) is 106 Å². The molecule has 0 amide bonds. The van der Waals surface area contributed by atoms with Gasteiger partial charge < -0.3 is 24.6 Å². The van der Waals surface area contributed by atoms with Gasteiger partial charge in [-0.3, -0.25) is 10.1 Å². The lowest BCUT2D eigenvalue weighted by Gasteiger charge is -2.34. The van der Waals surface area contributed by atoms with Crippen molar-refractivity contribution in [1.82, 2.24) is 14.9 Å². The van der Waals surface area contributed by atoms with E-state index in [-0.39, 0.29) is 18.3 Å². The lowest BCUT2D eigenvalue weighted by molar-refractivity contribution is -0.383. The number of aromatic nitrogens is 2. The number of anilines is 3. The van der Waals surface area contributed by atoms with Crippen LogP contribution in [0, 0.1) is 10.1 Å². The number of benzene rings is 1. The Bertz CT molecular complexity index is 853. The van der Waals surface area contributed by atoms with Crippen molar-refractivity contribution >= 4 is 23.0 Å². The minimum absolute atomic E-state index is 0.125. The standard InChI is InChI=1S/C17H20N6O4/c1-2-21-5-7-22(8-6-21)17-15(23(24)25)16(18-10-19-17)20-12-3-4-13-14(9-12)27-11-26-13/h3-4,9-10H,2,5-8,11H2,1H3,(H,18,19,20). The second-order valence-electron chi connectivity index (χ2n) is 6.27. The number of piperazine rings is 1. The first-order chi connectivity index (χ1) is 13.2. The van der Waals surface area contributed by atoms with Gasteiger partial charge in [-0.15, -0.1) is 0 Å². The van der Waals surface area contributed by atoms with Gasteiger partial charge in [-0.05, 0) is 18.7 Å². The molecule has 0 unspecified atom stereocenters. The number of nitro groups is 1. The molecule has 0 aliphatic carbocycles. The fourth-order valence-electron chi connectivity index (χ4n) is 3.25. The van der Waals surface area contributed by atoms with Crippen molar-refractivity contribution < 1.29 is 14.4 Å². The molecule has 1 N–H and O–H groups in total. The summed E-state index contributed by atoms with van der Waals surface area (Å²) in [5, 5.41) is 14.8. The Balaban J connectivity index is 1.62. The van der Waals surface area contributed by atoms with Crippen LogP contribution < -0.4 is 19.7 Å². The third-order valence-electron chi connectivity index (χ3n) is 4.74. The maximum absolute atomic E-state index is 11.8. The zero-order valence-electron chi connectivity index (χ0n) is 14.9. The molecule has 27 heavy (non-hydrogen) atoms. The van der Waals surface area contributed by atoms with Crippen molar-refractivity contribution in [2.24, 2.45) is 0 Å². The SMILES string of the molecule is CCN1CCN(c2ncnc(Nc3ccc4c(c3)OCO4)c2[N+](=O)[O-])CC1. The highest BCUT2D eigenvalue weighted by molar-refractivity contribution is 5.75. The van der Waals surface area contributed by atoms with Crippen LogP contribution in [0.15, 0.2) is 24.5 Å². The van der Waals surface area contributed by atoms with Crippen LogP contribution in [0.1, 0.15) is 6.92 Å². The third-order valence-corrected chi connectivity index (χ3v) is 4.74. The molecule has 2 aromatic rings. The molecule has 0 spiro atoms. The number of ether oxygens (including phenoxy) is 2. The predicted molar refractivity (Wildman–Crippen MR) is 98.9 cm³/mol. The quantitative estimate of drug-likeness (QED) is 0.623. The molecule has 0 atom stereocenters. The molecule has 1 aromatic carbocycles. The molecule has 10 heteroatoms. The molecule has 2 aliphatic heterocycles. The van der Waals surface area contributed by atoms with Gasteiger partial charge in [0.1, 0.15) is 6.33 Å². The molecule has 4 rings (SSSR count). The summed E-state index contributed by atoms with van der Waals surface area (Å²) in [7, 11) is 0. The van der Waals surface area contributed by atoms with Crippen molar-refractivity contribution in [1.29, 1.82) is 0 Å². The maximum Gasteiger partial charge on any atom is 0.353 e. The number of rotatable bonds is 5. The molecular formula is C17H20N6O4. The van der Waals surface area contributed by atoms with Gasteiger partial charge in [-0.25, -0.2) is 9.97 Å². The van der Waals surface area contributed by atoms with Gasteiger partial charge >= 0.3 is 5.69 Å². The van der Waals surface area contributed by atoms with Gasteiger partial charge in [0.2, 0.25) is 18.4 Å². The summed E-state index contributed by atoms with van der Waals surface area (Å²) >= 11 is 0. The molecule has 1 aromatic heterocycles. The molecule has 0 saturated carbocycles. The average Bonchev–Trinajstić information content (AvgIpc) is 3.15. The second-order valence-corrected chi connectivity index (χ2v) is 6.27. The van der Waals surface area contributed by atoms with Crippen LogP contribution in [0.3, 0.4) is 0 Å². The summed E-state index contributed by atoms with van der Waals surface area (Å²) in [6.45, 7) is 6.32. The van der Waals surface area contributed by atoms with Crippen molar-refractivity contribution in [3.63, 3.8) is 0 Å². The molecule has 0 radical (unpaired) electrons. The number of nitrogens with zero attached hydrogens (tertiary/aromatic N) is 5. The van der Waals surface area contributed by atoms with Crippen molar-refractivity contribution in [2.75, 3.05) is 49.7 Å². The molecule has 1 fully saturated rings. The van der Waals surface area contributed by atoms with E-state index in [9.17, 15) is 10.1 Å². The van der Waals surface area contributed by atoms with Gasteiger partial charge in [-0.2, -0.15) is 0 Å². The summed E-state index contributed by atoms with van der Waals surface area (Å²) in [5.41, 5.74) is 0.503. The van der Waals surface area contributed by atoms with Crippen molar-refractivity contribution in [2.45, 2.75) is 6.92 Å². The van der Waals surface area contributed by atoms with E-state index in [0.717, 1.165) is 19.6 Å². The zero-order chi connectivity index (χ0) is 18.8. The smallest absolute Gasteiger partial charge is 0.353 e. The van der Waals surface area contributed by atoms with E-state index in [0.29, 0.717) is 36.1 Å². The Morgan fingerprint density at radius 2 is 1.96 bits per heavy atom. The Kier molecular flexibility index (Phi) is 4.63. The molecule has 3 heterocycles. The fourth-order valence-corrected chi connectivity index (χ4v) is 3.25. The van der Waals surface area contributed by atoms with Gasteiger partial charge in [0.15, 0.2) is 11.5 Å². The number of nitrogens with one attached hydrogen (secondary N) is 1. The molecule has 2 aliphatic rings. The first-order valence-corrected chi connectivity index (χ1v) is 8.79. The summed E-state index contributed by atoms with van der Waals surface area (Å²) in [6, 6.07) is 5.25. The van der Waals surface area contributed by atoms with Gasteiger partial charge in [0.25, 0.3) is 0 Å². The minimum atomic E-state index is -0.434. The van der Waals surface area contributed by atoms with Crippen LogP contribution in [-0.4, -0.2) is 59.3 Å². The first-order valence-electron chi connectivity index (χ1n) is 8.79. The molecule has 142 valence electrons. The number of fused-ring (bicyclic) bond motifs is 1. The van der Waals surface area contributed by atoms with Crippen molar-refractivity contribution in [3.8, 4) is 11.5 Å². The van der Waals surface area contributed by atoms with Crippen molar-refractivity contribution in [3.05, 3.63) is 34.6 Å². The summed E-state index contributed by atoms with van der Waals surface area (Å²) in [6.07, 6.45) is 1.35.